The molecule has 2 amide bonds. The van der Waals surface area contributed by atoms with Gasteiger partial charge in [-0.2, -0.15) is 0 Å². The lowest BCUT2D eigenvalue weighted by Gasteiger charge is -2.52. The number of hydrogen-bond donors (Lipinski definition) is 3. The maximum Gasteiger partial charge on any atom is 0.248 e. The molecule has 2 heterocycles. The Hall–Kier alpha value is -2.74. The topological polar surface area (TPSA) is 93.1 Å². The lowest BCUT2D eigenvalue weighted by molar-refractivity contribution is -0.165. The van der Waals surface area contributed by atoms with Crippen LogP contribution in [0.1, 0.15) is 69.2 Å². The minimum Gasteiger partial charge on any atom is -0.390 e. The average molecular weight is 508 g/mol. The van der Waals surface area contributed by atoms with Crippen molar-refractivity contribution in [3.8, 4) is 0 Å². The van der Waals surface area contributed by atoms with E-state index in [4.69, 9.17) is 0 Å². The van der Waals surface area contributed by atoms with Crippen molar-refractivity contribution in [1.82, 2.24) is 15.1 Å². The summed E-state index contributed by atoms with van der Waals surface area (Å²) < 4.78 is 0. The third-order valence-electron chi connectivity index (χ3n) is 8.02. The third-order valence-corrected chi connectivity index (χ3v) is 8.02. The van der Waals surface area contributed by atoms with Crippen LogP contribution in [0.15, 0.2) is 54.6 Å². The first-order chi connectivity index (χ1) is 17.8. The Balaban J connectivity index is 1.42. The number of carbonyl (C=O) groups is 2. The summed E-state index contributed by atoms with van der Waals surface area (Å²) in [7, 11) is 0. The Morgan fingerprint density at radius 2 is 1.59 bits per heavy atom. The van der Waals surface area contributed by atoms with E-state index in [1.54, 1.807) is 4.90 Å². The van der Waals surface area contributed by atoms with E-state index in [9.17, 15) is 19.8 Å². The highest BCUT2D eigenvalue weighted by molar-refractivity contribution is 6.00. The van der Waals surface area contributed by atoms with Gasteiger partial charge in [-0.05, 0) is 41.9 Å². The number of likely N-dealkylation sites (tertiary alicyclic amines) is 1. The molecule has 1 spiro atoms. The van der Waals surface area contributed by atoms with E-state index in [2.05, 4.69) is 17.1 Å². The second-order valence-electron chi connectivity index (χ2n) is 10.9. The number of aliphatic hydroxyl groups excluding tert-OH is 2. The minimum absolute atomic E-state index is 0.127. The van der Waals surface area contributed by atoms with Gasteiger partial charge in [-0.3, -0.25) is 14.5 Å². The number of carbonyl (C=O) groups excluding carboxylic acids is 2. The highest BCUT2D eigenvalue weighted by Gasteiger charge is 2.54. The Bertz CT molecular complexity index is 1050. The predicted molar refractivity (Wildman–Crippen MR) is 144 cm³/mol. The lowest BCUT2D eigenvalue weighted by atomic mass is 9.80. The maximum atomic E-state index is 13.5. The standard InChI is InChI=1S/C30H41N3O4/c1-4-5-17-33-28(36)25(26(34)21(2)3)31-29(37)30(33)15-18-32(19-16-30)20-22-11-13-24(14-12-22)27(35)23-9-7-6-8-10-23/h6-14,21,25-27,34-35H,4-5,15-20H2,1-3H3,(H,31,37)/t25-,26-,27-/m1/s1. The van der Waals surface area contributed by atoms with Gasteiger partial charge in [0.15, 0.2) is 0 Å². The molecule has 0 saturated carbocycles. The normalized spacial score (nSPS) is 21.8. The van der Waals surface area contributed by atoms with Crippen LogP contribution in [0, 0.1) is 5.92 Å². The summed E-state index contributed by atoms with van der Waals surface area (Å²) in [6, 6.07) is 16.8. The average Bonchev–Trinajstić information content (AvgIpc) is 2.92. The van der Waals surface area contributed by atoms with Crippen molar-refractivity contribution in [3.63, 3.8) is 0 Å². The van der Waals surface area contributed by atoms with Crippen LogP contribution in [0.2, 0.25) is 0 Å². The highest BCUT2D eigenvalue weighted by Crippen LogP contribution is 2.35. The predicted octanol–water partition coefficient (Wildman–Crippen LogP) is 3.25. The van der Waals surface area contributed by atoms with Crippen molar-refractivity contribution in [3.05, 3.63) is 71.3 Å². The van der Waals surface area contributed by atoms with Gasteiger partial charge in [0.2, 0.25) is 11.8 Å². The molecule has 0 unspecified atom stereocenters. The zero-order valence-electron chi connectivity index (χ0n) is 22.3. The van der Waals surface area contributed by atoms with Crippen LogP contribution in [-0.4, -0.2) is 69.1 Å². The number of aliphatic hydroxyl groups is 2. The first-order valence-corrected chi connectivity index (χ1v) is 13.6. The molecule has 7 heteroatoms. The van der Waals surface area contributed by atoms with Crippen LogP contribution in [0.3, 0.4) is 0 Å². The van der Waals surface area contributed by atoms with E-state index in [1.807, 2.05) is 68.4 Å². The first kappa shape index (κ1) is 27.3. The number of hydrogen-bond acceptors (Lipinski definition) is 5. The van der Waals surface area contributed by atoms with Crippen molar-refractivity contribution < 1.29 is 19.8 Å². The van der Waals surface area contributed by atoms with Crippen LogP contribution in [0.25, 0.3) is 0 Å². The van der Waals surface area contributed by atoms with E-state index < -0.39 is 23.8 Å². The molecule has 0 bridgehead atoms. The number of unbranched alkanes of at least 4 members (excludes halogenated alkanes) is 1. The SMILES string of the molecule is CCCCN1C(=O)[C@@H]([C@H](O)C(C)C)NC(=O)C12CCN(Cc1ccc([C@H](O)c3ccccc3)cc1)CC2. The molecule has 3 N–H and O–H groups in total. The van der Waals surface area contributed by atoms with Crippen LogP contribution >= 0.6 is 0 Å². The summed E-state index contributed by atoms with van der Waals surface area (Å²) in [6.45, 7) is 8.49. The molecular weight excluding hydrogens is 466 g/mol. The summed E-state index contributed by atoms with van der Waals surface area (Å²) >= 11 is 0. The Morgan fingerprint density at radius 3 is 2.19 bits per heavy atom. The molecule has 2 saturated heterocycles. The molecule has 2 aliphatic heterocycles. The van der Waals surface area contributed by atoms with Gasteiger partial charge in [-0.25, -0.2) is 0 Å². The monoisotopic (exact) mass is 507 g/mol. The number of nitrogens with zero attached hydrogens (tertiary/aromatic N) is 2. The number of rotatable bonds is 9. The molecule has 3 atom stereocenters. The smallest absolute Gasteiger partial charge is 0.248 e. The molecule has 200 valence electrons. The molecule has 2 aromatic carbocycles. The highest BCUT2D eigenvalue weighted by atomic mass is 16.3. The van der Waals surface area contributed by atoms with Crippen LogP contribution in [0.4, 0.5) is 0 Å². The summed E-state index contributed by atoms with van der Waals surface area (Å²) in [4.78, 5) is 31.0. The van der Waals surface area contributed by atoms with Gasteiger partial charge in [0.1, 0.15) is 17.7 Å². The molecule has 2 aromatic rings. The third kappa shape index (κ3) is 5.74. The van der Waals surface area contributed by atoms with Gasteiger partial charge in [-0.15, -0.1) is 0 Å². The molecule has 0 aromatic heterocycles. The summed E-state index contributed by atoms with van der Waals surface area (Å²) in [5.41, 5.74) is 2.02. The van der Waals surface area contributed by atoms with E-state index in [0.717, 1.165) is 36.1 Å². The summed E-state index contributed by atoms with van der Waals surface area (Å²) in [5.74, 6) is -0.416. The number of benzene rings is 2. The van der Waals surface area contributed by atoms with Crippen molar-refractivity contribution in [1.29, 1.82) is 0 Å². The maximum absolute atomic E-state index is 13.5. The Labute approximate surface area is 220 Å². The second-order valence-corrected chi connectivity index (χ2v) is 10.9. The quantitative estimate of drug-likeness (QED) is 0.485. The molecule has 7 nitrogen and oxygen atoms in total. The Kier molecular flexibility index (Phi) is 8.67. The van der Waals surface area contributed by atoms with Crippen molar-refractivity contribution in [2.45, 2.75) is 76.8 Å². The Morgan fingerprint density at radius 1 is 0.973 bits per heavy atom. The number of piperazine rings is 1. The van der Waals surface area contributed by atoms with Gasteiger partial charge in [0.05, 0.1) is 6.10 Å². The summed E-state index contributed by atoms with van der Waals surface area (Å²) in [5, 5.41) is 24.2. The second kappa shape index (κ2) is 11.8. The fraction of sp³-hybridized carbons (Fsp3) is 0.533. The van der Waals surface area contributed by atoms with E-state index in [-0.39, 0.29) is 17.7 Å². The molecule has 2 aliphatic rings. The molecular formula is C30H41N3O4. The molecule has 4 rings (SSSR count). The molecule has 0 radical (unpaired) electrons. The molecule has 37 heavy (non-hydrogen) atoms. The van der Waals surface area contributed by atoms with Gasteiger partial charge in [-0.1, -0.05) is 81.8 Å². The molecule has 2 fully saturated rings. The fourth-order valence-electron chi connectivity index (χ4n) is 5.56. The van der Waals surface area contributed by atoms with Crippen LogP contribution in [-0.2, 0) is 16.1 Å². The van der Waals surface area contributed by atoms with Crippen molar-refractivity contribution in [2.75, 3.05) is 19.6 Å². The lowest BCUT2D eigenvalue weighted by Crippen LogP contribution is -2.74. The first-order valence-electron chi connectivity index (χ1n) is 13.6. The van der Waals surface area contributed by atoms with E-state index in [0.29, 0.717) is 32.5 Å². The zero-order chi connectivity index (χ0) is 26.6. The van der Waals surface area contributed by atoms with Gasteiger partial charge >= 0.3 is 0 Å². The van der Waals surface area contributed by atoms with Crippen LogP contribution in [0.5, 0.6) is 0 Å². The van der Waals surface area contributed by atoms with Gasteiger partial charge < -0.3 is 20.4 Å². The summed E-state index contributed by atoms with van der Waals surface area (Å²) in [6.07, 6.45) is 1.35. The van der Waals surface area contributed by atoms with Crippen molar-refractivity contribution >= 4 is 11.8 Å². The van der Waals surface area contributed by atoms with Crippen molar-refractivity contribution in [2.24, 2.45) is 5.92 Å². The minimum atomic E-state index is -0.901. The van der Waals surface area contributed by atoms with Crippen LogP contribution < -0.4 is 5.32 Å². The number of nitrogens with one attached hydrogen (secondary N) is 1. The fourth-order valence-corrected chi connectivity index (χ4v) is 5.56. The largest absolute Gasteiger partial charge is 0.390 e. The number of piperidine rings is 1. The van der Waals surface area contributed by atoms with E-state index in [1.165, 1.54) is 0 Å². The van der Waals surface area contributed by atoms with Gasteiger partial charge in [0, 0.05) is 26.2 Å². The number of amides is 2. The van der Waals surface area contributed by atoms with Gasteiger partial charge in [0.25, 0.3) is 0 Å². The molecule has 0 aliphatic carbocycles. The zero-order valence-corrected chi connectivity index (χ0v) is 22.3. The van der Waals surface area contributed by atoms with E-state index >= 15 is 0 Å².